The van der Waals surface area contributed by atoms with Crippen molar-refractivity contribution in [1.82, 2.24) is 0 Å². The molecule has 0 fully saturated rings. The number of hydrogen-bond acceptors (Lipinski definition) is 4. The predicted molar refractivity (Wildman–Crippen MR) is 74.2 cm³/mol. The van der Waals surface area contributed by atoms with Gasteiger partial charge in [0, 0.05) is 6.42 Å². The lowest BCUT2D eigenvalue weighted by atomic mass is 10.0. The topological polar surface area (TPSA) is 59.7 Å². The monoisotopic (exact) mass is 274 g/mol. The molecule has 106 valence electrons. The fourth-order valence-electron chi connectivity index (χ4n) is 2.02. The molecule has 2 aromatic rings. The van der Waals surface area contributed by atoms with Gasteiger partial charge in [0.2, 0.25) is 0 Å². The van der Waals surface area contributed by atoms with Crippen molar-refractivity contribution in [3.8, 4) is 0 Å². The second-order valence-corrected chi connectivity index (χ2v) is 4.59. The molecule has 1 N–H and O–H groups in total. The predicted octanol–water partition coefficient (Wildman–Crippen LogP) is 2.86. The summed E-state index contributed by atoms with van der Waals surface area (Å²) in [6.07, 6.45) is 2.79. The molecule has 0 bridgehead atoms. The smallest absolute Gasteiger partial charge is 0.305 e. The zero-order valence-electron chi connectivity index (χ0n) is 11.4. The number of benzene rings is 1. The van der Waals surface area contributed by atoms with Gasteiger partial charge in [-0.3, -0.25) is 4.79 Å². The third kappa shape index (κ3) is 3.71. The number of furan rings is 1. The lowest BCUT2D eigenvalue weighted by Gasteiger charge is -2.09. The molecule has 1 atom stereocenters. The minimum Gasteiger partial charge on any atom is -0.469 e. The van der Waals surface area contributed by atoms with Gasteiger partial charge in [-0.1, -0.05) is 24.3 Å². The lowest BCUT2D eigenvalue weighted by molar-refractivity contribution is -0.140. The highest BCUT2D eigenvalue weighted by Crippen LogP contribution is 2.22. The molecule has 1 aromatic carbocycles. The zero-order chi connectivity index (χ0) is 14.4. The van der Waals surface area contributed by atoms with Crippen molar-refractivity contribution in [3.05, 3.63) is 59.5 Å². The van der Waals surface area contributed by atoms with E-state index in [2.05, 4.69) is 4.74 Å². The minimum absolute atomic E-state index is 0.185. The Balaban J connectivity index is 1.91. The van der Waals surface area contributed by atoms with Crippen LogP contribution in [-0.2, 0) is 16.0 Å². The van der Waals surface area contributed by atoms with E-state index in [-0.39, 0.29) is 5.97 Å². The first-order valence-electron chi connectivity index (χ1n) is 6.58. The van der Waals surface area contributed by atoms with Crippen molar-refractivity contribution in [3.63, 3.8) is 0 Å². The van der Waals surface area contributed by atoms with Crippen LogP contribution >= 0.6 is 0 Å². The molecule has 0 saturated carbocycles. The van der Waals surface area contributed by atoms with Gasteiger partial charge in [0.05, 0.1) is 13.4 Å². The number of methoxy groups -OCH3 is 1. The van der Waals surface area contributed by atoms with Gasteiger partial charge in [-0.05, 0) is 36.1 Å². The van der Waals surface area contributed by atoms with Crippen molar-refractivity contribution in [2.24, 2.45) is 0 Å². The van der Waals surface area contributed by atoms with E-state index in [9.17, 15) is 9.90 Å². The van der Waals surface area contributed by atoms with Crippen LogP contribution in [-0.4, -0.2) is 18.2 Å². The number of ether oxygens (including phenoxy) is 1. The van der Waals surface area contributed by atoms with Crippen LogP contribution in [0.4, 0.5) is 0 Å². The standard InChI is InChI=1S/C16H18O4/c1-19-15(17)6-2-4-12-7-9-13(10-8-12)16(18)14-5-3-11-20-14/h3,5,7-11,16,18H,2,4,6H2,1H3. The van der Waals surface area contributed by atoms with E-state index in [0.29, 0.717) is 12.2 Å². The van der Waals surface area contributed by atoms with E-state index in [0.717, 1.165) is 24.0 Å². The molecule has 0 spiro atoms. The van der Waals surface area contributed by atoms with Crippen LogP contribution in [0.25, 0.3) is 0 Å². The van der Waals surface area contributed by atoms with Gasteiger partial charge < -0.3 is 14.3 Å². The summed E-state index contributed by atoms with van der Waals surface area (Å²) in [6.45, 7) is 0. The first kappa shape index (κ1) is 14.3. The van der Waals surface area contributed by atoms with Crippen molar-refractivity contribution < 1.29 is 19.1 Å². The average molecular weight is 274 g/mol. The molecule has 4 nitrogen and oxygen atoms in total. The van der Waals surface area contributed by atoms with Crippen LogP contribution in [0.15, 0.2) is 47.1 Å². The molecule has 0 aliphatic heterocycles. The minimum atomic E-state index is -0.742. The van der Waals surface area contributed by atoms with Crippen molar-refractivity contribution in [2.75, 3.05) is 7.11 Å². The van der Waals surface area contributed by atoms with Gasteiger partial charge in [-0.25, -0.2) is 0 Å². The first-order chi connectivity index (χ1) is 9.70. The second-order valence-electron chi connectivity index (χ2n) is 4.59. The van der Waals surface area contributed by atoms with Crippen LogP contribution < -0.4 is 0 Å². The Morgan fingerprint density at radius 3 is 2.65 bits per heavy atom. The van der Waals surface area contributed by atoms with Crippen molar-refractivity contribution in [1.29, 1.82) is 0 Å². The zero-order valence-corrected chi connectivity index (χ0v) is 11.4. The SMILES string of the molecule is COC(=O)CCCc1ccc(C(O)c2ccco2)cc1. The Labute approximate surface area is 118 Å². The molecule has 2 rings (SSSR count). The molecule has 0 aliphatic carbocycles. The Morgan fingerprint density at radius 2 is 2.05 bits per heavy atom. The van der Waals surface area contributed by atoms with Crippen LogP contribution in [0.3, 0.4) is 0 Å². The van der Waals surface area contributed by atoms with E-state index in [4.69, 9.17) is 4.42 Å². The molecule has 20 heavy (non-hydrogen) atoms. The summed E-state index contributed by atoms with van der Waals surface area (Å²) in [7, 11) is 1.40. The van der Waals surface area contributed by atoms with Gasteiger partial charge in [0.15, 0.2) is 0 Å². The molecular formula is C16H18O4. The Hall–Kier alpha value is -2.07. The summed E-state index contributed by atoms with van der Waals surface area (Å²) in [4.78, 5) is 11.0. The molecular weight excluding hydrogens is 256 g/mol. The number of carbonyl (C=O) groups excluding carboxylic acids is 1. The molecule has 1 aromatic heterocycles. The molecule has 0 radical (unpaired) electrons. The van der Waals surface area contributed by atoms with Crippen LogP contribution in [0, 0.1) is 0 Å². The van der Waals surface area contributed by atoms with Crippen molar-refractivity contribution in [2.45, 2.75) is 25.4 Å². The number of aryl methyl sites for hydroxylation is 1. The maximum atomic E-state index is 11.0. The number of carbonyl (C=O) groups is 1. The average Bonchev–Trinajstić information content (AvgIpc) is 3.01. The fourth-order valence-corrected chi connectivity index (χ4v) is 2.02. The third-order valence-corrected chi connectivity index (χ3v) is 3.18. The largest absolute Gasteiger partial charge is 0.469 e. The molecule has 0 saturated heterocycles. The Morgan fingerprint density at radius 1 is 1.30 bits per heavy atom. The summed E-state index contributed by atoms with van der Waals surface area (Å²) < 4.78 is 9.78. The number of aliphatic hydroxyl groups excluding tert-OH is 1. The van der Waals surface area contributed by atoms with E-state index in [1.54, 1.807) is 18.4 Å². The van der Waals surface area contributed by atoms with Gasteiger partial charge in [-0.2, -0.15) is 0 Å². The quantitative estimate of drug-likeness (QED) is 0.823. The summed E-state index contributed by atoms with van der Waals surface area (Å²) in [6, 6.07) is 11.2. The van der Waals surface area contributed by atoms with Gasteiger partial charge in [0.1, 0.15) is 11.9 Å². The Bertz CT molecular complexity index is 528. The molecule has 0 amide bonds. The maximum Gasteiger partial charge on any atom is 0.305 e. The lowest BCUT2D eigenvalue weighted by Crippen LogP contribution is -2.01. The van der Waals surface area contributed by atoms with Crippen LogP contribution in [0.2, 0.25) is 0 Å². The van der Waals surface area contributed by atoms with E-state index >= 15 is 0 Å². The molecule has 4 heteroatoms. The van der Waals surface area contributed by atoms with Crippen LogP contribution in [0.5, 0.6) is 0 Å². The number of rotatable bonds is 6. The normalized spacial score (nSPS) is 12.1. The van der Waals surface area contributed by atoms with E-state index < -0.39 is 6.10 Å². The van der Waals surface area contributed by atoms with Crippen molar-refractivity contribution >= 4 is 5.97 Å². The fraction of sp³-hybridized carbons (Fsp3) is 0.312. The number of hydrogen-bond donors (Lipinski definition) is 1. The molecule has 1 heterocycles. The first-order valence-corrected chi connectivity index (χ1v) is 6.58. The number of esters is 1. The summed E-state index contributed by atoms with van der Waals surface area (Å²) >= 11 is 0. The van der Waals surface area contributed by atoms with Gasteiger partial charge >= 0.3 is 5.97 Å². The molecule has 0 aliphatic rings. The highest BCUT2D eigenvalue weighted by Gasteiger charge is 2.12. The van der Waals surface area contributed by atoms with Gasteiger partial charge in [-0.15, -0.1) is 0 Å². The number of aliphatic hydroxyl groups is 1. The van der Waals surface area contributed by atoms with E-state index in [1.165, 1.54) is 7.11 Å². The summed E-state index contributed by atoms with van der Waals surface area (Å²) in [5, 5.41) is 10.1. The maximum absolute atomic E-state index is 11.0. The van der Waals surface area contributed by atoms with Gasteiger partial charge in [0.25, 0.3) is 0 Å². The summed E-state index contributed by atoms with van der Waals surface area (Å²) in [5.74, 6) is 0.346. The third-order valence-electron chi connectivity index (χ3n) is 3.18. The highest BCUT2D eigenvalue weighted by molar-refractivity contribution is 5.69. The van der Waals surface area contributed by atoms with Crippen LogP contribution in [0.1, 0.15) is 35.8 Å². The highest BCUT2D eigenvalue weighted by atomic mass is 16.5. The molecule has 1 unspecified atom stereocenters. The summed E-state index contributed by atoms with van der Waals surface area (Å²) in [5.41, 5.74) is 1.92. The Kier molecular flexibility index (Phi) is 4.96. The second kappa shape index (κ2) is 6.91. The van der Waals surface area contributed by atoms with E-state index in [1.807, 2.05) is 24.3 Å².